The summed E-state index contributed by atoms with van der Waals surface area (Å²) in [5, 5.41) is 9.52. The molecule has 126 valence electrons. The molecule has 0 aromatic rings. The Balaban J connectivity index is 2.10. The first-order chi connectivity index (χ1) is 10.4. The van der Waals surface area contributed by atoms with Gasteiger partial charge in [0.15, 0.2) is 4.75 Å². The van der Waals surface area contributed by atoms with Gasteiger partial charge in [-0.3, -0.25) is 4.79 Å². The second-order valence-corrected chi connectivity index (χ2v) is 8.25. The van der Waals surface area contributed by atoms with Crippen molar-refractivity contribution in [1.82, 2.24) is 4.31 Å². The van der Waals surface area contributed by atoms with E-state index in [2.05, 4.69) is 0 Å². The number of rotatable bonds is 6. The zero-order valence-corrected chi connectivity index (χ0v) is 13.4. The van der Waals surface area contributed by atoms with Gasteiger partial charge in [0, 0.05) is 45.6 Å². The van der Waals surface area contributed by atoms with Crippen molar-refractivity contribution in [3.63, 3.8) is 0 Å². The second kappa shape index (κ2) is 7.06. The molecule has 0 radical (unpaired) electrons. The highest BCUT2D eigenvalue weighted by Gasteiger charge is 2.54. The van der Waals surface area contributed by atoms with E-state index in [1.807, 2.05) is 0 Å². The van der Waals surface area contributed by atoms with Gasteiger partial charge in [-0.05, 0) is 25.2 Å². The van der Waals surface area contributed by atoms with Crippen LogP contribution in [0.4, 0.5) is 0 Å². The predicted molar refractivity (Wildman–Crippen MR) is 78.9 cm³/mol. The largest absolute Gasteiger partial charge is 0.480 e. The molecule has 0 atom stereocenters. The van der Waals surface area contributed by atoms with Crippen molar-refractivity contribution >= 4 is 22.3 Å². The molecule has 0 aromatic carbocycles. The molecule has 7 nitrogen and oxygen atoms in total. The van der Waals surface area contributed by atoms with Crippen LogP contribution in [0.1, 0.15) is 38.5 Å². The van der Waals surface area contributed by atoms with E-state index in [1.165, 1.54) is 4.31 Å². The molecule has 2 heterocycles. The van der Waals surface area contributed by atoms with Gasteiger partial charge in [0.1, 0.15) is 6.29 Å². The predicted octanol–water partition coefficient (Wildman–Crippen LogP) is 0.641. The van der Waals surface area contributed by atoms with Crippen molar-refractivity contribution < 1.29 is 27.9 Å². The average Bonchev–Trinajstić information content (AvgIpc) is 2.53. The highest BCUT2D eigenvalue weighted by molar-refractivity contribution is 7.91. The van der Waals surface area contributed by atoms with E-state index in [0.29, 0.717) is 38.3 Å². The minimum Gasteiger partial charge on any atom is -0.480 e. The number of aldehydes is 1. The first-order valence-corrected chi connectivity index (χ1v) is 9.12. The minimum atomic E-state index is -3.91. The molecule has 2 aliphatic heterocycles. The van der Waals surface area contributed by atoms with Crippen molar-refractivity contribution in [1.29, 1.82) is 0 Å². The summed E-state index contributed by atoms with van der Waals surface area (Å²) in [6.07, 6.45) is 3.50. The summed E-state index contributed by atoms with van der Waals surface area (Å²) >= 11 is 0. The van der Waals surface area contributed by atoms with E-state index in [-0.39, 0.29) is 26.1 Å². The molecule has 2 saturated heterocycles. The summed E-state index contributed by atoms with van der Waals surface area (Å²) in [6, 6.07) is 0. The standard InChI is InChI=1S/C14H23NO6S/c16-9-1-2-12-3-7-15(8-4-12)22(19,20)14(13(17)18)5-10-21-11-6-14/h9,12H,1-8,10-11H2,(H,17,18). The Labute approximate surface area is 130 Å². The Hall–Kier alpha value is -0.990. The molecule has 0 amide bonds. The van der Waals surface area contributed by atoms with Crippen LogP contribution in [-0.2, 0) is 24.3 Å². The Bertz CT molecular complexity index is 503. The summed E-state index contributed by atoms with van der Waals surface area (Å²) < 4.78 is 30.4. The fraction of sp³-hybridized carbons (Fsp3) is 0.857. The lowest BCUT2D eigenvalue weighted by Gasteiger charge is -2.39. The number of carboxylic acid groups (broad SMARTS) is 1. The quantitative estimate of drug-likeness (QED) is 0.716. The van der Waals surface area contributed by atoms with Crippen LogP contribution in [0.15, 0.2) is 0 Å². The zero-order chi connectivity index (χ0) is 16.2. The van der Waals surface area contributed by atoms with E-state index in [1.54, 1.807) is 0 Å². The van der Waals surface area contributed by atoms with Gasteiger partial charge in [0.05, 0.1) is 0 Å². The maximum absolute atomic E-state index is 12.9. The number of piperidine rings is 1. The number of hydrogen-bond acceptors (Lipinski definition) is 5. The van der Waals surface area contributed by atoms with Crippen molar-refractivity contribution in [2.45, 2.75) is 43.3 Å². The molecule has 0 saturated carbocycles. The van der Waals surface area contributed by atoms with Gasteiger partial charge in [-0.25, -0.2) is 12.7 Å². The molecular formula is C14H23NO6S. The molecule has 2 rings (SSSR count). The highest BCUT2D eigenvalue weighted by Crippen LogP contribution is 2.35. The summed E-state index contributed by atoms with van der Waals surface area (Å²) in [5.74, 6) is -0.939. The van der Waals surface area contributed by atoms with Crippen LogP contribution >= 0.6 is 0 Å². The Morgan fingerprint density at radius 1 is 1.27 bits per heavy atom. The first-order valence-electron chi connectivity index (χ1n) is 7.68. The van der Waals surface area contributed by atoms with Crippen molar-refractivity contribution in [3.05, 3.63) is 0 Å². The summed E-state index contributed by atoms with van der Waals surface area (Å²) in [5.41, 5.74) is 0. The van der Waals surface area contributed by atoms with E-state index in [4.69, 9.17) is 4.74 Å². The molecule has 22 heavy (non-hydrogen) atoms. The number of hydrogen-bond donors (Lipinski definition) is 1. The van der Waals surface area contributed by atoms with Crippen LogP contribution in [0, 0.1) is 5.92 Å². The third-order valence-corrected chi connectivity index (χ3v) is 7.41. The molecule has 0 unspecified atom stereocenters. The third-order valence-electron chi connectivity index (χ3n) is 4.79. The lowest BCUT2D eigenvalue weighted by molar-refractivity contribution is -0.143. The normalized spacial score (nSPS) is 24.0. The number of carbonyl (C=O) groups excluding carboxylic acids is 1. The Morgan fingerprint density at radius 3 is 2.36 bits per heavy atom. The van der Waals surface area contributed by atoms with Crippen LogP contribution in [0.5, 0.6) is 0 Å². The minimum absolute atomic E-state index is 0.00423. The zero-order valence-electron chi connectivity index (χ0n) is 12.6. The van der Waals surface area contributed by atoms with Crippen LogP contribution in [0.3, 0.4) is 0 Å². The third kappa shape index (κ3) is 3.18. The van der Waals surface area contributed by atoms with Crippen molar-refractivity contribution in [2.24, 2.45) is 5.92 Å². The summed E-state index contributed by atoms with van der Waals surface area (Å²) in [7, 11) is -3.91. The topological polar surface area (TPSA) is 101 Å². The molecular weight excluding hydrogens is 310 g/mol. The van der Waals surface area contributed by atoms with Crippen LogP contribution in [-0.4, -0.2) is 61.1 Å². The lowest BCUT2D eigenvalue weighted by atomic mass is 9.93. The first kappa shape index (κ1) is 17.4. The molecule has 0 bridgehead atoms. The number of aliphatic carboxylic acids is 1. The van der Waals surface area contributed by atoms with Crippen LogP contribution in [0.25, 0.3) is 0 Å². The van der Waals surface area contributed by atoms with E-state index >= 15 is 0 Å². The Morgan fingerprint density at radius 2 is 1.86 bits per heavy atom. The van der Waals surface area contributed by atoms with Gasteiger partial charge in [-0.2, -0.15) is 0 Å². The van der Waals surface area contributed by atoms with Gasteiger partial charge >= 0.3 is 5.97 Å². The number of nitrogens with zero attached hydrogens (tertiary/aromatic N) is 1. The molecule has 2 fully saturated rings. The maximum atomic E-state index is 12.9. The van der Waals surface area contributed by atoms with Crippen LogP contribution in [0.2, 0.25) is 0 Å². The monoisotopic (exact) mass is 333 g/mol. The van der Waals surface area contributed by atoms with Gasteiger partial charge < -0.3 is 14.6 Å². The second-order valence-electron chi connectivity index (χ2n) is 6.00. The van der Waals surface area contributed by atoms with E-state index < -0.39 is 20.7 Å². The highest BCUT2D eigenvalue weighted by atomic mass is 32.2. The van der Waals surface area contributed by atoms with Crippen LogP contribution < -0.4 is 0 Å². The van der Waals surface area contributed by atoms with Gasteiger partial charge in [-0.15, -0.1) is 0 Å². The average molecular weight is 333 g/mol. The number of carboxylic acids is 1. The number of ether oxygens (including phenoxy) is 1. The Kier molecular flexibility index (Phi) is 5.57. The van der Waals surface area contributed by atoms with E-state index in [9.17, 15) is 23.1 Å². The van der Waals surface area contributed by atoms with Crippen molar-refractivity contribution in [2.75, 3.05) is 26.3 Å². The molecule has 0 spiro atoms. The summed E-state index contributed by atoms with van der Waals surface area (Å²) in [6.45, 7) is 0.978. The smallest absolute Gasteiger partial charge is 0.326 e. The molecule has 8 heteroatoms. The van der Waals surface area contributed by atoms with Gasteiger partial charge in [0.2, 0.25) is 10.0 Å². The van der Waals surface area contributed by atoms with Gasteiger partial charge in [-0.1, -0.05) is 0 Å². The molecule has 0 aliphatic carbocycles. The fourth-order valence-electron chi connectivity index (χ4n) is 3.27. The van der Waals surface area contributed by atoms with Crippen molar-refractivity contribution in [3.8, 4) is 0 Å². The maximum Gasteiger partial charge on any atom is 0.326 e. The SMILES string of the molecule is O=CCCC1CCN(S(=O)(=O)C2(C(=O)O)CCOCC2)CC1. The summed E-state index contributed by atoms with van der Waals surface area (Å²) in [4.78, 5) is 22.1. The molecule has 0 aromatic heterocycles. The lowest BCUT2D eigenvalue weighted by Crippen LogP contribution is -2.57. The number of sulfonamides is 1. The molecule has 2 aliphatic rings. The molecule has 1 N–H and O–H groups in total. The number of carbonyl (C=O) groups is 2. The van der Waals surface area contributed by atoms with Gasteiger partial charge in [0.25, 0.3) is 0 Å². The fourth-order valence-corrected chi connectivity index (χ4v) is 5.36. The van der Waals surface area contributed by atoms with E-state index in [0.717, 1.165) is 12.7 Å².